The van der Waals surface area contributed by atoms with Crippen molar-refractivity contribution in [3.8, 4) is 5.75 Å². The number of carbonyl (C=O) groups excluding carboxylic acids is 1. The Morgan fingerprint density at radius 3 is 2.40 bits per heavy atom. The van der Waals surface area contributed by atoms with Gasteiger partial charge in [0.1, 0.15) is 15.6 Å². The zero-order chi connectivity index (χ0) is 15.3. The van der Waals surface area contributed by atoms with Crippen molar-refractivity contribution in [1.82, 2.24) is 4.90 Å². The van der Waals surface area contributed by atoms with Crippen LogP contribution in [0.25, 0.3) is 0 Å². The molecule has 0 aliphatic heterocycles. The fraction of sp³-hybridized carbons (Fsp3) is 0.462. The summed E-state index contributed by atoms with van der Waals surface area (Å²) in [6.45, 7) is 1.57. The molecule has 0 saturated heterocycles. The van der Waals surface area contributed by atoms with Crippen LogP contribution in [0.4, 0.5) is 0 Å². The van der Waals surface area contributed by atoms with Crippen molar-refractivity contribution in [1.29, 1.82) is 0 Å². The summed E-state index contributed by atoms with van der Waals surface area (Å²) < 4.78 is 28.7. The van der Waals surface area contributed by atoms with Gasteiger partial charge in [0.2, 0.25) is 0 Å². The molecule has 1 aromatic carbocycles. The molecule has 1 atom stereocenters. The van der Waals surface area contributed by atoms with E-state index in [1.54, 1.807) is 26.1 Å². The first-order valence-electron chi connectivity index (χ1n) is 6.01. The molecular formula is C13H18BrNO4S. The van der Waals surface area contributed by atoms with Gasteiger partial charge in [-0.1, -0.05) is 15.9 Å². The monoisotopic (exact) mass is 363 g/mol. The number of rotatable bonds is 6. The number of carbonyl (C=O) groups is 1. The molecule has 1 rings (SSSR count). The first-order chi connectivity index (χ1) is 9.19. The lowest BCUT2D eigenvalue weighted by atomic mass is 10.3. The van der Waals surface area contributed by atoms with Gasteiger partial charge in [0.05, 0.1) is 5.75 Å². The molecule has 0 spiro atoms. The Bertz CT molecular complexity index is 556. The number of hydrogen-bond donors (Lipinski definition) is 0. The van der Waals surface area contributed by atoms with Crippen LogP contribution in [0.5, 0.6) is 5.75 Å². The lowest BCUT2D eigenvalue weighted by molar-refractivity contribution is -0.133. The first-order valence-corrected chi connectivity index (χ1v) is 8.86. The Labute approximate surface area is 128 Å². The first kappa shape index (κ1) is 17.0. The van der Waals surface area contributed by atoms with Gasteiger partial charge in [0, 0.05) is 23.8 Å². The third-order valence-electron chi connectivity index (χ3n) is 2.77. The lowest BCUT2D eigenvalue weighted by Crippen LogP contribution is -2.41. The minimum Gasteiger partial charge on any atom is -0.484 e. The van der Waals surface area contributed by atoms with E-state index in [9.17, 15) is 13.2 Å². The molecule has 0 aromatic heterocycles. The summed E-state index contributed by atoms with van der Waals surface area (Å²) in [7, 11) is -1.54. The minimum absolute atomic E-state index is 0.0620. The van der Waals surface area contributed by atoms with E-state index in [1.807, 2.05) is 12.1 Å². The average molecular weight is 364 g/mol. The van der Waals surface area contributed by atoms with Gasteiger partial charge in [-0.25, -0.2) is 8.42 Å². The van der Waals surface area contributed by atoms with Crippen molar-refractivity contribution in [2.45, 2.75) is 13.0 Å². The molecule has 0 heterocycles. The molecule has 1 amide bonds. The summed E-state index contributed by atoms with van der Waals surface area (Å²) in [5, 5.41) is 0. The quantitative estimate of drug-likeness (QED) is 0.771. The highest BCUT2D eigenvalue weighted by atomic mass is 79.9. The standard InChI is InChI=1S/C13H18BrNO4S/c1-10(9-20(3,17)18)15(2)13(16)8-19-12-6-4-11(14)5-7-12/h4-7,10H,8-9H2,1-3H3. The predicted molar refractivity (Wildman–Crippen MR) is 81.6 cm³/mol. The van der Waals surface area contributed by atoms with Crippen LogP contribution >= 0.6 is 15.9 Å². The van der Waals surface area contributed by atoms with E-state index in [2.05, 4.69) is 15.9 Å². The van der Waals surface area contributed by atoms with Gasteiger partial charge < -0.3 is 9.64 Å². The van der Waals surface area contributed by atoms with Crippen molar-refractivity contribution in [3.05, 3.63) is 28.7 Å². The van der Waals surface area contributed by atoms with Crippen LogP contribution in [-0.4, -0.2) is 50.9 Å². The van der Waals surface area contributed by atoms with Gasteiger partial charge >= 0.3 is 0 Å². The van der Waals surface area contributed by atoms with Gasteiger partial charge in [-0.15, -0.1) is 0 Å². The Kier molecular flexibility index (Phi) is 6.01. The second kappa shape index (κ2) is 7.08. The molecule has 112 valence electrons. The maximum atomic E-state index is 11.9. The van der Waals surface area contributed by atoms with Crippen LogP contribution in [-0.2, 0) is 14.6 Å². The van der Waals surface area contributed by atoms with Gasteiger partial charge in [-0.2, -0.15) is 0 Å². The second-order valence-corrected chi connectivity index (χ2v) is 7.79. The van der Waals surface area contributed by atoms with E-state index in [0.29, 0.717) is 5.75 Å². The molecule has 5 nitrogen and oxygen atoms in total. The SMILES string of the molecule is CC(CS(C)(=O)=O)N(C)C(=O)COc1ccc(Br)cc1. The van der Waals surface area contributed by atoms with Gasteiger partial charge in [0.25, 0.3) is 5.91 Å². The number of sulfone groups is 1. The molecule has 0 radical (unpaired) electrons. The topological polar surface area (TPSA) is 63.7 Å². The highest BCUT2D eigenvalue weighted by Gasteiger charge is 2.20. The molecule has 20 heavy (non-hydrogen) atoms. The van der Waals surface area contributed by atoms with Crippen molar-refractivity contribution < 1.29 is 17.9 Å². The van der Waals surface area contributed by atoms with Crippen molar-refractivity contribution in [2.75, 3.05) is 25.7 Å². The predicted octanol–water partition coefficient (Wildman–Crippen LogP) is 1.72. The Balaban J connectivity index is 2.51. The van der Waals surface area contributed by atoms with Crippen LogP contribution in [0.2, 0.25) is 0 Å². The number of benzene rings is 1. The highest BCUT2D eigenvalue weighted by Crippen LogP contribution is 2.16. The number of likely N-dealkylation sites (N-methyl/N-ethyl adjacent to an activating group) is 1. The fourth-order valence-corrected chi connectivity index (χ4v) is 2.94. The molecule has 0 fully saturated rings. The summed E-state index contributed by atoms with van der Waals surface area (Å²) in [5.41, 5.74) is 0. The van der Waals surface area contributed by atoms with E-state index in [4.69, 9.17) is 4.74 Å². The van der Waals surface area contributed by atoms with Gasteiger partial charge in [0.15, 0.2) is 6.61 Å². The normalized spacial score (nSPS) is 12.8. The van der Waals surface area contributed by atoms with Crippen LogP contribution in [0.1, 0.15) is 6.92 Å². The summed E-state index contributed by atoms with van der Waals surface area (Å²) in [4.78, 5) is 13.3. The number of halogens is 1. The molecule has 0 N–H and O–H groups in total. The zero-order valence-corrected chi connectivity index (χ0v) is 14.1. The Hall–Kier alpha value is -1.08. The molecule has 7 heteroatoms. The Morgan fingerprint density at radius 1 is 1.35 bits per heavy atom. The third kappa shape index (κ3) is 5.92. The van der Waals surface area contributed by atoms with Gasteiger partial charge in [-0.05, 0) is 31.2 Å². The van der Waals surface area contributed by atoms with E-state index >= 15 is 0 Å². The Morgan fingerprint density at radius 2 is 1.90 bits per heavy atom. The third-order valence-corrected chi connectivity index (χ3v) is 4.39. The zero-order valence-electron chi connectivity index (χ0n) is 11.7. The van der Waals surface area contributed by atoms with E-state index in [0.717, 1.165) is 10.7 Å². The summed E-state index contributed by atoms with van der Waals surface area (Å²) in [6.07, 6.45) is 1.15. The summed E-state index contributed by atoms with van der Waals surface area (Å²) in [6, 6.07) is 6.74. The molecule has 1 unspecified atom stereocenters. The minimum atomic E-state index is -3.11. The van der Waals surface area contributed by atoms with Crippen LogP contribution < -0.4 is 4.74 Å². The van der Waals surface area contributed by atoms with E-state index < -0.39 is 9.84 Å². The number of ether oxygens (including phenoxy) is 1. The average Bonchev–Trinajstić information content (AvgIpc) is 2.34. The maximum absolute atomic E-state index is 11.9. The van der Waals surface area contributed by atoms with Crippen LogP contribution in [0.15, 0.2) is 28.7 Å². The fourth-order valence-electron chi connectivity index (χ4n) is 1.57. The number of amides is 1. The second-order valence-electron chi connectivity index (χ2n) is 4.69. The van der Waals surface area contributed by atoms with Crippen LogP contribution in [0.3, 0.4) is 0 Å². The summed E-state index contributed by atoms with van der Waals surface area (Å²) >= 11 is 3.31. The molecule has 0 bridgehead atoms. The van der Waals surface area contributed by atoms with Crippen molar-refractivity contribution in [2.24, 2.45) is 0 Å². The summed E-state index contributed by atoms with van der Waals surface area (Å²) in [5.74, 6) is 0.267. The molecular weight excluding hydrogens is 346 g/mol. The highest BCUT2D eigenvalue weighted by molar-refractivity contribution is 9.10. The van der Waals surface area contributed by atoms with Crippen LogP contribution in [0, 0.1) is 0 Å². The van der Waals surface area contributed by atoms with E-state index in [1.165, 1.54) is 4.90 Å². The molecule has 0 saturated carbocycles. The number of hydrogen-bond acceptors (Lipinski definition) is 4. The number of nitrogens with zero attached hydrogens (tertiary/aromatic N) is 1. The molecule has 0 aliphatic rings. The maximum Gasteiger partial charge on any atom is 0.260 e. The lowest BCUT2D eigenvalue weighted by Gasteiger charge is -2.24. The van der Waals surface area contributed by atoms with Crippen molar-refractivity contribution >= 4 is 31.7 Å². The smallest absolute Gasteiger partial charge is 0.260 e. The van der Waals surface area contributed by atoms with Crippen molar-refractivity contribution in [3.63, 3.8) is 0 Å². The largest absolute Gasteiger partial charge is 0.484 e. The molecule has 0 aliphatic carbocycles. The van der Waals surface area contributed by atoms with E-state index in [-0.39, 0.29) is 24.3 Å². The van der Waals surface area contributed by atoms with Gasteiger partial charge in [-0.3, -0.25) is 4.79 Å². The molecule has 1 aromatic rings.